The summed E-state index contributed by atoms with van der Waals surface area (Å²) in [7, 11) is 0. The van der Waals surface area contributed by atoms with Crippen molar-refractivity contribution >= 4 is 0 Å². The molecule has 0 bridgehead atoms. The molecular weight excluding hydrogens is 825 g/mol. The van der Waals surface area contributed by atoms with Gasteiger partial charge in [-0.15, -0.1) is 0 Å². The van der Waals surface area contributed by atoms with Gasteiger partial charge in [0.2, 0.25) is 0 Å². The second-order valence-electron chi connectivity index (χ2n) is 16.2. The monoisotopic (exact) mass is 882 g/mol. The van der Waals surface area contributed by atoms with E-state index >= 15 is 0 Å². The molecule has 0 unspecified atom stereocenters. The van der Waals surface area contributed by atoms with Crippen molar-refractivity contribution in [2.45, 2.75) is 101 Å². The summed E-state index contributed by atoms with van der Waals surface area (Å²) in [4.78, 5) is 0. The van der Waals surface area contributed by atoms with Gasteiger partial charge in [0.15, 0.2) is 12.6 Å². The largest absolute Gasteiger partial charge is 0.387 e. The van der Waals surface area contributed by atoms with Crippen LogP contribution in [0.1, 0.15) is 33.4 Å². The van der Waals surface area contributed by atoms with Gasteiger partial charge >= 0.3 is 0 Å². The molecule has 2 saturated heterocycles. The maximum absolute atomic E-state index is 12.2. The van der Waals surface area contributed by atoms with Crippen LogP contribution in [0.3, 0.4) is 0 Å². The summed E-state index contributed by atoms with van der Waals surface area (Å²) in [6.45, 7) is 1.33. The Hall–Kier alpha value is -5.12. The Labute approximate surface area is 381 Å². The molecule has 0 spiro atoms. The third-order valence-electron chi connectivity index (χ3n) is 11.4. The second kappa shape index (κ2) is 24.4. The normalized spacial score (nSPS) is 25.6. The van der Waals surface area contributed by atoms with Crippen LogP contribution >= 0.6 is 0 Å². The summed E-state index contributed by atoms with van der Waals surface area (Å²) >= 11 is 0. The molecule has 2 N–H and O–H groups in total. The zero-order chi connectivity index (χ0) is 44.5. The molecule has 2 aliphatic rings. The van der Waals surface area contributed by atoms with Gasteiger partial charge < -0.3 is 52.8 Å². The van der Waals surface area contributed by atoms with Crippen molar-refractivity contribution in [3.8, 4) is 0 Å². The van der Waals surface area contributed by atoms with E-state index in [0.717, 1.165) is 33.4 Å². The van der Waals surface area contributed by atoms with E-state index in [1.165, 1.54) is 0 Å². The summed E-state index contributed by atoms with van der Waals surface area (Å²) in [5, 5.41) is 24.3. The van der Waals surface area contributed by atoms with E-state index in [1.54, 1.807) is 0 Å². The molecule has 2 fully saturated rings. The summed E-state index contributed by atoms with van der Waals surface area (Å²) < 4.78 is 59.5. The van der Waals surface area contributed by atoms with Crippen molar-refractivity contribution in [1.82, 2.24) is 0 Å². The van der Waals surface area contributed by atoms with Crippen LogP contribution in [0, 0.1) is 0 Å². The van der Waals surface area contributed by atoms with E-state index in [0.29, 0.717) is 13.2 Å². The molecular formula is C54H58O11. The average Bonchev–Trinajstić information content (AvgIpc) is 3.36. The molecule has 0 saturated carbocycles. The number of aliphatic hydroxyl groups is 2. The number of hydrogen-bond donors (Lipinski definition) is 2. The van der Waals surface area contributed by atoms with Crippen molar-refractivity contribution in [1.29, 1.82) is 0 Å². The Morgan fingerprint density at radius 1 is 0.323 bits per heavy atom. The third kappa shape index (κ3) is 13.5. The predicted molar refractivity (Wildman–Crippen MR) is 243 cm³/mol. The summed E-state index contributed by atoms with van der Waals surface area (Å²) in [5.74, 6) is 0. The SMILES string of the molecule is O[C@@H]1[C@H](OCc2ccccc2)[C@@H](OCc2ccccc2)[C@@H](O[C@H]2O[C@H](COCc3ccccc3)[C@H](O)[C@H](OCc3ccccc3)[C@H]2OCc2ccccc2)O[C@@H]1COCc1ccccc1. The van der Waals surface area contributed by atoms with Crippen molar-refractivity contribution in [2.24, 2.45) is 0 Å². The van der Waals surface area contributed by atoms with Crippen molar-refractivity contribution in [2.75, 3.05) is 13.2 Å². The fraction of sp³-hybridized carbons (Fsp3) is 0.333. The number of aliphatic hydroxyl groups excluding tert-OH is 2. The van der Waals surface area contributed by atoms with Gasteiger partial charge in [0.1, 0.15) is 48.8 Å². The zero-order valence-corrected chi connectivity index (χ0v) is 36.3. The van der Waals surface area contributed by atoms with E-state index in [-0.39, 0.29) is 39.6 Å². The smallest absolute Gasteiger partial charge is 0.190 e. The first-order chi connectivity index (χ1) is 32.1. The fourth-order valence-corrected chi connectivity index (χ4v) is 7.94. The van der Waals surface area contributed by atoms with Gasteiger partial charge in [-0.05, 0) is 33.4 Å². The van der Waals surface area contributed by atoms with Crippen LogP contribution in [-0.4, -0.2) is 84.8 Å². The molecule has 10 atom stereocenters. The van der Waals surface area contributed by atoms with Gasteiger partial charge in [-0.2, -0.15) is 0 Å². The zero-order valence-electron chi connectivity index (χ0n) is 36.3. The Morgan fingerprint density at radius 2 is 0.569 bits per heavy atom. The first-order valence-corrected chi connectivity index (χ1v) is 22.3. The van der Waals surface area contributed by atoms with Crippen LogP contribution in [0.5, 0.6) is 0 Å². The fourth-order valence-electron chi connectivity index (χ4n) is 7.94. The summed E-state index contributed by atoms with van der Waals surface area (Å²) in [5.41, 5.74) is 5.59. The standard InChI is InChI=1S/C54H58O11/c55-47-45(37-57-31-39-19-7-1-8-20-39)63-53(51(61-35-43-27-15-5-16-28-43)49(47)59-33-41-23-11-3-12-24-41)65-54-52(62-36-44-29-17-6-18-30-44)50(60-34-42-25-13-4-14-26-42)48(56)46(64-54)38-58-32-40-21-9-2-10-22-40/h1-30,45-56H,31-38H2/t45-,46-,47+,48+,49+,50+,51-,52-,53-,54-/m1/s1. The van der Waals surface area contributed by atoms with Crippen molar-refractivity contribution in [3.63, 3.8) is 0 Å². The molecule has 0 aliphatic carbocycles. The van der Waals surface area contributed by atoms with Gasteiger partial charge in [0.25, 0.3) is 0 Å². The summed E-state index contributed by atoms with van der Waals surface area (Å²) in [6, 6.07) is 58.6. The lowest BCUT2D eigenvalue weighted by atomic mass is 9.97. The molecule has 340 valence electrons. The molecule has 0 aromatic heterocycles. The topological polar surface area (TPSA) is 124 Å². The lowest BCUT2D eigenvalue weighted by Crippen LogP contribution is -2.65. The molecule has 0 amide bonds. The van der Waals surface area contributed by atoms with Crippen LogP contribution in [0.15, 0.2) is 182 Å². The first-order valence-electron chi connectivity index (χ1n) is 22.3. The molecule has 0 radical (unpaired) electrons. The quantitative estimate of drug-likeness (QED) is 0.0691. The lowest BCUT2D eigenvalue weighted by molar-refractivity contribution is -0.390. The number of hydrogen-bond acceptors (Lipinski definition) is 11. The highest BCUT2D eigenvalue weighted by molar-refractivity contribution is 5.18. The minimum atomic E-state index is -1.20. The minimum Gasteiger partial charge on any atom is -0.387 e. The first kappa shape index (κ1) is 46.4. The van der Waals surface area contributed by atoms with Crippen LogP contribution < -0.4 is 0 Å². The Balaban J connectivity index is 1.12. The van der Waals surface area contributed by atoms with E-state index in [1.807, 2.05) is 182 Å². The van der Waals surface area contributed by atoms with Crippen LogP contribution in [0.4, 0.5) is 0 Å². The van der Waals surface area contributed by atoms with Gasteiger partial charge in [-0.1, -0.05) is 182 Å². The molecule has 6 aromatic carbocycles. The molecule has 2 heterocycles. The third-order valence-corrected chi connectivity index (χ3v) is 11.4. The van der Waals surface area contributed by atoms with E-state index in [4.69, 9.17) is 42.6 Å². The summed E-state index contributed by atoms with van der Waals surface area (Å²) in [6.07, 6.45) is -10.4. The van der Waals surface area contributed by atoms with Gasteiger partial charge in [-0.3, -0.25) is 0 Å². The molecule has 65 heavy (non-hydrogen) atoms. The van der Waals surface area contributed by atoms with Crippen molar-refractivity contribution < 1.29 is 52.8 Å². The van der Waals surface area contributed by atoms with Crippen LogP contribution in [0.25, 0.3) is 0 Å². The Morgan fingerprint density at radius 3 is 0.846 bits per heavy atom. The molecule has 6 aromatic rings. The Bertz CT molecular complexity index is 2050. The Kier molecular flexibility index (Phi) is 17.4. The second-order valence-corrected chi connectivity index (χ2v) is 16.2. The maximum Gasteiger partial charge on any atom is 0.190 e. The number of rotatable bonds is 22. The van der Waals surface area contributed by atoms with Crippen LogP contribution in [-0.2, 0) is 82.3 Å². The van der Waals surface area contributed by atoms with Gasteiger partial charge in [0, 0.05) is 0 Å². The van der Waals surface area contributed by atoms with E-state index in [2.05, 4.69) is 0 Å². The van der Waals surface area contributed by atoms with E-state index < -0.39 is 61.4 Å². The molecule has 11 nitrogen and oxygen atoms in total. The highest BCUT2D eigenvalue weighted by atomic mass is 16.8. The highest BCUT2D eigenvalue weighted by Gasteiger charge is 2.53. The minimum absolute atomic E-state index is 0.0173. The average molecular weight is 883 g/mol. The van der Waals surface area contributed by atoms with Gasteiger partial charge in [0.05, 0.1) is 52.9 Å². The van der Waals surface area contributed by atoms with Crippen molar-refractivity contribution in [3.05, 3.63) is 215 Å². The van der Waals surface area contributed by atoms with Crippen LogP contribution in [0.2, 0.25) is 0 Å². The molecule has 8 rings (SSSR count). The highest BCUT2D eigenvalue weighted by Crippen LogP contribution is 2.35. The molecule has 11 heteroatoms. The number of benzene rings is 6. The maximum atomic E-state index is 12.2. The lowest BCUT2D eigenvalue weighted by Gasteiger charge is -2.48. The van der Waals surface area contributed by atoms with Gasteiger partial charge in [-0.25, -0.2) is 0 Å². The molecule has 2 aliphatic heterocycles. The predicted octanol–water partition coefficient (Wildman–Crippen LogP) is 7.95. The number of ether oxygens (including phenoxy) is 9. The van der Waals surface area contributed by atoms with E-state index in [9.17, 15) is 10.2 Å².